The number of hydrogen-bond acceptors (Lipinski definition) is 2. The van der Waals surface area contributed by atoms with Gasteiger partial charge >= 0.3 is 0 Å². The van der Waals surface area contributed by atoms with Crippen LogP contribution in [-0.2, 0) is 6.42 Å². The van der Waals surface area contributed by atoms with Crippen molar-refractivity contribution in [2.24, 2.45) is 0 Å². The summed E-state index contributed by atoms with van der Waals surface area (Å²) in [6.45, 7) is 0. The van der Waals surface area contributed by atoms with Crippen molar-refractivity contribution in [1.29, 1.82) is 0 Å². The van der Waals surface area contributed by atoms with Crippen LogP contribution in [0.4, 0.5) is 0 Å². The van der Waals surface area contributed by atoms with E-state index in [2.05, 4.69) is 46.5 Å². The van der Waals surface area contributed by atoms with Crippen molar-refractivity contribution in [3.05, 3.63) is 53.9 Å². The fraction of sp³-hybridized carbons (Fsp3) is 0.0667. The van der Waals surface area contributed by atoms with Gasteiger partial charge < -0.3 is 0 Å². The van der Waals surface area contributed by atoms with Crippen LogP contribution < -0.4 is 0 Å². The maximum absolute atomic E-state index is 4.61. The van der Waals surface area contributed by atoms with Gasteiger partial charge in [-0.3, -0.25) is 0 Å². The highest BCUT2D eigenvalue weighted by molar-refractivity contribution is 6.12. The summed E-state index contributed by atoms with van der Waals surface area (Å²) in [7, 11) is 0. The second-order valence-electron chi connectivity index (χ2n) is 4.84. The standard InChI is InChI=1S/C15H9N3/c1-3-9-7-10-4-2-6-12-14(10)15-13(9)11(5-1)16-8-18(15)17-12/h1-6,8H,7H2. The molecule has 0 amide bonds. The predicted molar refractivity (Wildman–Crippen MR) is 70.8 cm³/mol. The maximum atomic E-state index is 4.61. The Kier molecular flexibility index (Phi) is 1.29. The molecule has 2 heterocycles. The minimum absolute atomic E-state index is 0.981. The lowest BCUT2D eigenvalue weighted by Gasteiger charge is -2.13. The molecule has 0 aliphatic heterocycles. The average molecular weight is 231 g/mol. The molecule has 1 aliphatic rings. The lowest BCUT2D eigenvalue weighted by Crippen LogP contribution is -1.99. The second-order valence-corrected chi connectivity index (χ2v) is 4.84. The third-order valence-electron chi connectivity index (χ3n) is 3.86. The van der Waals surface area contributed by atoms with Gasteiger partial charge in [0.15, 0.2) is 0 Å². The van der Waals surface area contributed by atoms with Crippen molar-refractivity contribution in [1.82, 2.24) is 14.6 Å². The Morgan fingerprint density at radius 2 is 1.61 bits per heavy atom. The third kappa shape index (κ3) is 0.840. The predicted octanol–water partition coefficient (Wildman–Crippen LogP) is 2.94. The Morgan fingerprint density at radius 3 is 2.44 bits per heavy atom. The van der Waals surface area contributed by atoms with E-state index < -0.39 is 0 Å². The molecule has 3 nitrogen and oxygen atoms in total. The SMILES string of the molecule is c1cc2c3c(c1)ncn1nc4cccc(c4c31)C2. The molecule has 0 saturated carbocycles. The largest absolute Gasteiger partial charge is 0.236 e. The molecule has 2 aromatic carbocycles. The van der Waals surface area contributed by atoms with Gasteiger partial charge in [0.25, 0.3) is 0 Å². The third-order valence-corrected chi connectivity index (χ3v) is 3.86. The van der Waals surface area contributed by atoms with E-state index in [1.807, 2.05) is 10.8 Å². The molecule has 0 saturated heterocycles. The molecule has 5 rings (SSSR count). The molecular formula is C15H9N3. The smallest absolute Gasteiger partial charge is 0.118 e. The van der Waals surface area contributed by atoms with Gasteiger partial charge in [0.2, 0.25) is 0 Å². The Hall–Kier alpha value is -2.42. The summed E-state index contributed by atoms with van der Waals surface area (Å²) in [5.74, 6) is 0. The van der Waals surface area contributed by atoms with Crippen molar-refractivity contribution >= 4 is 27.3 Å². The van der Waals surface area contributed by atoms with Crippen LogP contribution in [0, 0.1) is 0 Å². The van der Waals surface area contributed by atoms with Gasteiger partial charge in [-0.05, 0) is 29.7 Å². The maximum Gasteiger partial charge on any atom is 0.118 e. The molecule has 0 atom stereocenters. The van der Waals surface area contributed by atoms with Gasteiger partial charge in [-0.1, -0.05) is 24.3 Å². The molecule has 0 unspecified atom stereocenters. The number of aromatic nitrogens is 3. The zero-order chi connectivity index (χ0) is 11.7. The zero-order valence-electron chi connectivity index (χ0n) is 9.59. The van der Waals surface area contributed by atoms with Gasteiger partial charge in [0.1, 0.15) is 6.33 Å². The van der Waals surface area contributed by atoms with Crippen molar-refractivity contribution in [2.75, 3.05) is 0 Å². The summed E-state index contributed by atoms with van der Waals surface area (Å²) in [4.78, 5) is 4.50. The quantitative estimate of drug-likeness (QED) is 0.410. The molecule has 2 aromatic heterocycles. The van der Waals surface area contributed by atoms with Crippen molar-refractivity contribution < 1.29 is 0 Å². The van der Waals surface area contributed by atoms with Gasteiger partial charge in [0.05, 0.1) is 16.6 Å². The van der Waals surface area contributed by atoms with Crippen molar-refractivity contribution in [3.63, 3.8) is 0 Å². The fourth-order valence-electron chi connectivity index (χ4n) is 3.13. The summed E-state index contributed by atoms with van der Waals surface area (Å²) in [6, 6.07) is 12.7. The highest BCUT2D eigenvalue weighted by atomic mass is 15.2. The van der Waals surface area contributed by atoms with E-state index in [1.165, 1.54) is 27.4 Å². The minimum Gasteiger partial charge on any atom is -0.236 e. The first kappa shape index (κ1) is 8.64. The Bertz CT molecular complexity index is 944. The number of hydrogen-bond donors (Lipinski definition) is 0. The van der Waals surface area contributed by atoms with Crippen LogP contribution in [0.2, 0.25) is 0 Å². The molecule has 0 radical (unpaired) electrons. The molecule has 0 fully saturated rings. The van der Waals surface area contributed by atoms with E-state index in [4.69, 9.17) is 0 Å². The van der Waals surface area contributed by atoms with Crippen LogP contribution >= 0.6 is 0 Å². The number of nitrogens with zero attached hydrogens (tertiary/aromatic N) is 3. The minimum atomic E-state index is 0.981. The monoisotopic (exact) mass is 231 g/mol. The highest BCUT2D eigenvalue weighted by Crippen LogP contribution is 2.36. The summed E-state index contributed by atoms with van der Waals surface area (Å²) < 4.78 is 1.92. The first-order valence-corrected chi connectivity index (χ1v) is 6.08. The second kappa shape index (κ2) is 2.70. The molecule has 0 N–H and O–H groups in total. The number of rotatable bonds is 0. The van der Waals surface area contributed by atoms with Crippen LogP contribution in [0.5, 0.6) is 0 Å². The first-order valence-electron chi connectivity index (χ1n) is 6.08. The van der Waals surface area contributed by atoms with Crippen molar-refractivity contribution in [2.45, 2.75) is 6.42 Å². The molecule has 3 heteroatoms. The van der Waals surface area contributed by atoms with Crippen LogP contribution in [-0.4, -0.2) is 14.6 Å². The van der Waals surface area contributed by atoms with Crippen LogP contribution in [0.3, 0.4) is 0 Å². The van der Waals surface area contributed by atoms with E-state index in [0.717, 1.165) is 17.5 Å². The van der Waals surface area contributed by atoms with Crippen LogP contribution in [0.25, 0.3) is 27.3 Å². The van der Waals surface area contributed by atoms with E-state index in [0.29, 0.717) is 0 Å². The summed E-state index contributed by atoms with van der Waals surface area (Å²) in [6.07, 6.45) is 2.80. The summed E-state index contributed by atoms with van der Waals surface area (Å²) >= 11 is 0. The van der Waals surface area contributed by atoms with E-state index in [1.54, 1.807) is 0 Å². The molecule has 4 aromatic rings. The van der Waals surface area contributed by atoms with Gasteiger partial charge in [-0.25, -0.2) is 9.50 Å². The lowest BCUT2D eigenvalue weighted by atomic mass is 9.92. The van der Waals surface area contributed by atoms with E-state index in [9.17, 15) is 0 Å². The highest BCUT2D eigenvalue weighted by Gasteiger charge is 2.19. The Labute approximate surface area is 103 Å². The lowest BCUT2D eigenvalue weighted by molar-refractivity contribution is 0.950. The Balaban J connectivity index is 2.27. The van der Waals surface area contributed by atoms with E-state index >= 15 is 0 Å². The Morgan fingerprint density at radius 1 is 0.889 bits per heavy atom. The van der Waals surface area contributed by atoms with Gasteiger partial charge in [-0.15, -0.1) is 0 Å². The van der Waals surface area contributed by atoms with Crippen LogP contribution in [0.15, 0.2) is 42.7 Å². The van der Waals surface area contributed by atoms with E-state index in [-0.39, 0.29) is 0 Å². The summed E-state index contributed by atoms with van der Waals surface area (Å²) in [5, 5.41) is 7.17. The number of benzene rings is 2. The first-order chi connectivity index (χ1) is 8.92. The van der Waals surface area contributed by atoms with Gasteiger partial charge in [0, 0.05) is 10.8 Å². The molecule has 18 heavy (non-hydrogen) atoms. The fourth-order valence-corrected chi connectivity index (χ4v) is 3.13. The topological polar surface area (TPSA) is 30.2 Å². The normalized spacial score (nSPS) is 13.3. The van der Waals surface area contributed by atoms with Gasteiger partial charge in [-0.2, -0.15) is 5.10 Å². The molecule has 1 aliphatic carbocycles. The van der Waals surface area contributed by atoms with Crippen molar-refractivity contribution in [3.8, 4) is 0 Å². The molecule has 0 bridgehead atoms. The van der Waals surface area contributed by atoms with Crippen LogP contribution in [0.1, 0.15) is 11.1 Å². The summed E-state index contributed by atoms with van der Waals surface area (Å²) in [5.41, 5.74) is 6.07. The average Bonchev–Trinajstić information content (AvgIpc) is 2.79. The molecule has 84 valence electrons. The molecular weight excluding hydrogens is 222 g/mol. The molecule has 0 spiro atoms. The zero-order valence-corrected chi connectivity index (χ0v) is 9.59.